The minimum Gasteiger partial charge on any atom is -0.322 e. The van der Waals surface area contributed by atoms with E-state index in [0.29, 0.717) is 5.56 Å². The molecule has 2 aliphatic rings. The molecular formula is C13H11FN2O5S. The number of halogens is 1. The Kier molecular flexibility index (Phi) is 3.24. The highest BCUT2D eigenvalue weighted by molar-refractivity contribution is 7.86. The summed E-state index contributed by atoms with van der Waals surface area (Å²) in [6.45, 7) is 0.00377. The predicted molar refractivity (Wildman–Crippen MR) is 70.8 cm³/mol. The molecule has 3 rings (SSSR count). The van der Waals surface area contributed by atoms with E-state index in [0.717, 1.165) is 12.1 Å². The van der Waals surface area contributed by atoms with Crippen LogP contribution < -0.4 is 5.32 Å². The first-order valence-corrected chi connectivity index (χ1v) is 7.88. The molecule has 1 saturated heterocycles. The molecular weight excluding hydrogens is 315 g/mol. The fraction of sp³-hybridized carbons (Fsp3) is 0.308. The molecule has 0 aromatic heterocycles. The van der Waals surface area contributed by atoms with Crippen LogP contribution in [0.2, 0.25) is 0 Å². The van der Waals surface area contributed by atoms with Crippen LogP contribution in [0, 0.1) is 0 Å². The fourth-order valence-electron chi connectivity index (χ4n) is 2.70. The molecule has 9 heteroatoms. The standard InChI is InChI=1S/C13H11FN2O5S/c14-22(20,21)8-1-2-9-7(5-8)6-16(13(9)19)10-3-4-11(17)15-12(10)18/h1-2,5,10H,3-4,6H2,(H,15,17,18). The molecule has 22 heavy (non-hydrogen) atoms. The quantitative estimate of drug-likeness (QED) is 0.614. The molecule has 1 fully saturated rings. The highest BCUT2D eigenvalue weighted by atomic mass is 32.3. The number of nitrogens with one attached hydrogen (secondary N) is 1. The highest BCUT2D eigenvalue weighted by Gasteiger charge is 2.39. The van der Waals surface area contributed by atoms with Gasteiger partial charge >= 0.3 is 10.2 Å². The van der Waals surface area contributed by atoms with Crippen LogP contribution in [-0.2, 0) is 26.4 Å². The minimum atomic E-state index is -4.86. The number of fused-ring (bicyclic) bond motifs is 1. The lowest BCUT2D eigenvalue weighted by atomic mass is 10.0. The third kappa shape index (κ3) is 2.37. The Morgan fingerprint density at radius 1 is 1.23 bits per heavy atom. The van der Waals surface area contributed by atoms with Crippen molar-refractivity contribution in [2.24, 2.45) is 0 Å². The summed E-state index contributed by atoms with van der Waals surface area (Å²) in [4.78, 5) is 36.0. The summed E-state index contributed by atoms with van der Waals surface area (Å²) < 4.78 is 34.9. The van der Waals surface area contributed by atoms with Crippen molar-refractivity contribution in [2.75, 3.05) is 0 Å². The van der Waals surface area contributed by atoms with Crippen molar-refractivity contribution in [1.82, 2.24) is 10.2 Å². The third-order valence-electron chi connectivity index (χ3n) is 3.78. The lowest BCUT2D eigenvalue weighted by Crippen LogP contribution is -2.52. The molecule has 2 heterocycles. The number of imide groups is 1. The van der Waals surface area contributed by atoms with Crippen molar-refractivity contribution in [3.05, 3.63) is 29.3 Å². The number of carbonyl (C=O) groups excluding carboxylic acids is 3. The van der Waals surface area contributed by atoms with Crippen molar-refractivity contribution < 1.29 is 26.7 Å². The van der Waals surface area contributed by atoms with Gasteiger partial charge in [-0.25, -0.2) is 0 Å². The molecule has 1 aromatic rings. The van der Waals surface area contributed by atoms with Crippen LogP contribution in [0.25, 0.3) is 0 Å². The zero-order valence-corrected chi connectivity index (χ0v) is 12.0. The van der Waals surface area contributed by atoms with Gasteiger partial charge in [0.1, 0.15) is 6.04 Å². The Bertz CT molecular complexity index is 805. The van der Waals surface area contributed by atoms with Crippen LogP contribution >= 0.6 is 0 Å². The van der Waals surface area contributed by atoms with E-state index in [1.807, 2.05) is 0 Å². The van der Waals surface area contributed by atoms with Crippen molar-refractivity contribution >= 4 is 27.9 Å². The van der Waals surface area contributed by atoms with Gasteiger partial charge < -0.3 is 4.90 Å². The van der Waals surface area contributed by atoms with E-state index in [-0.39, 0.29) is 24.9 Å². The van der Waals surface area contributed by atoms with Crippen molar-refractivity contribution in [1.29, 1.82) is 0 Å². The molecule has 0 bridgehead atoms. The minimum absolute atomic E-state index is 0.00377. The topological polar surface area (TPSA) is 101 Å². The van der Waals surface area contributed by atoms with Gasteiger partial charge in [-0.2, -0.15) is 8.42 Å². The number of amides is 3. The van der Waals surface area contributed by atoms with Crippen molar-refractivity contribution in [2.45, 2.75) is 30.3 Å². The second-order valence-corrected chi connectivity index (χ2v) is 6.50. The lowest BCUT2D eigenvalue weighted by Gasteiger charge is -2.29. The van der Waals surface area contributed by atoms with Crippen LogP contribution in [-0.4, -0.2) is 37.1 Å². The number of hydrogen-bond acceptors (Lipinski definition) is 5. The van der Waals surface area contributed by atoms with E-state index in [2.05, 4.69) is 5.32 Å². The fourth-order valence-corrected chi connectivity index (χ4v) is 3.22. The van der Waals surface area contributed by atoms with Gasteiger partial charge in [-0.15, -0.1) is 3.89 Å². The Morgan fingerprint density at radius 2 is 1.95 bits per heavy atom. The molecule has 1 N–H and O–H groups in total. The van der Waals surface area contributed by atoms with E-state index < -0.39 is 38.9 Å². The van der Waals surface area contributed by atoms with Crippen LogP contribution in [0.4, 0.5) is 3.89 Å². The van der Waals surface area contributed by atoms with Crippen LogP contribution in [0.5, 0.6) is 0 Å². The molecule has 0 spiro atoms. The van der Waals surface area contributed by atoms with Gasteiger partial charge in [0.2, 0.25) is 11.8 Å². The maximum Gasteiger partial charge on any atom is 0.332 e. The number of benzene rings is 1. The summed E-state index contributed by atoms with van der Waals surface area (Å²) in [5, 5.41) is 2.16. The zero-order chi connectivity index (χ0) is 16.1. The summed E-state index contributed by atoms with van der Waals surface area (Å²) in [6, 6.07) is 2.55. The number of hydrogen-bond donors (Lipinski definition) is 1. The normalized spacial score (nSPS) is 21.8. The Labute approximate surface area is 125 Å². The highest BCUT2D eigenvalue weighted by Crippen LogP contribution is 2.29. The van der Waals surface area contributed by atoms with Gasteiger partial charge in [0.15, 0.2) is 0 Å². The first-order valence-electron chi connectivity index (χ1n) is 6.49. The van der Waals surface area contributed by atoms with Crippen molar-refractivity contribution in [3.8, 4) is 0 Å². The van der Waals surface area contributed by atoms with Crippen LogP contribution in [0.1, 0.15) is 28.8 Å². The monoisotopic (exact) mass is 326 g/mol. The number of nitrogens with zero attached hydrogens (tertiary/aromatic N) is 1. The summed E-state index contributed by atoms with van der Waals surface area (Å²) in [5.41, 5.74) is 0.575. The molecule has 1 aromatic carbocycles. The second kappa shape index (κ2) is 4.87. The largest absolute Gasteiger partial charge is 0.332 e. The third-order valence-corrected chi connectivity index (χ3v) is 4.59. The molecule has 0 radical (unpaired) electrons. The predicted octanol–water partition coefficient (Wildman–Crippen LogP) is 0.106. The molecule has 3 amide bonds. The maximum absolute atomic E-state index is 13.0. The van der Waals surface area contributed by atoms with Gasteiger partial charge in [-0.3, -0.25) is 19.7 Å². The first kappa shape index (κ1) is 14.6. The number of carbonyl (C=O) groups is 3. The van der Waals surface area contributed by atoms with E-state index in [1.54, 1.807) is 0 Å². The Hall–Kier alpha value is -2.29. The lowest BCUT2D eigenvalue weighted by molar-refractivity contribution is -0.136. The van der Waals surface area contributed by atoms with Gasteiger partial charge in [0.05, 0.1) is 4.90 Å². The molecule has 2 aliphatic heterocycles. The summed E-state index contributed by atoms with van der Waals surface area (Å²) in [6.07, 6.45) is 0.333. The SMILES string of the molecule is O=C1CCC(N2Cc3cc(S(=O)(=O)F)ccc3C2=O)C(=O)N1. The molecule has 7 nitrogen and oxygen atoms in total. The molecule has 1 unspecified atom stereocenters. The molecule has 1 atom stereocenters. The molecule has 0 aliphatic carbocycles. The smallest absolute Gasteiger partial charge is 0.322 e. The van der Waals surface area contributed by atoms with Crippen LogP contribution in [0.15, 0.2) is 23.1 Å². The van der Waals surface area contributed by atoms with E-state index in [9.17, 15) is 26.7 Å². The first-order chi connectivity index (χ1) is 10.3. The van der Waals surface area contributed by atoms with Crippen LogP contribution in [0.3, 0.4) is 0 Å². The van der Waals surface area contributed by atoms with E-state index in [1.165, 1.54) is 11.0 Å². The molecule has 0 saturated carbocycles. The Morgan fingerprint density at radius 3 is 2.59 bits per heavy atom. The van der Waals surface area contributed by atoms with E-state index in [4.69, 9.17) is 0 Å². The van der Waals surface area contributed by atoms with Gasteiger partial charge in [-0.05, 0) is 30.2 Å². The average molecular weight is 326 g/mol. The summed E-state index contributed by atoms with van der Waals surface area (Å²) in [5.74, 6) is -1.39. The van der Waals surface area contributed by atoms with Gasteiger partial charge in [0.25, 0.3) is 5.91 Å². The van der Waals surface area contributed by atoms with Crippen molar-refractivity contribution in [3.63, 3.8) is 0 Å². The van der Waals surface area contributed by atoms with Gasteiger partial charge in [0, 0.05) is 18.5 Å². The number of piperidine rings is 1. The summed E-state index contributed by atoms with van der Waals surface area (Å²) in [7, 11) is -4.86. The number of rotatable bonds is 2. The average Bonchev–Trinajstić information content (AvgIpc) is 2.75. The Balaban J connectivity index is 1.91. The maximum atomic E-state index is 13.0. The van der Waals surface area contributed by atoms with Gasteiger partial charge in [-0.1, -0.05) is 0 Å². The summed E-state index contributed by atoms with van der Waals surface area (Å²) >= 11 is 0. The molecule has 116 valence electrons. The van der Waals surface area contributed by atoms with E-state index >= 15 is 0 Å². The zero-order valence-electron chi connectivity index (χ0n) is 11.2. The second-order valence-electron chi connectivity index (χ2n) is 5.16.